The fourth-order valence-corrected chi connectivity index (χ4v) is 3.73. The molecule has 0 bridgehead atoms. The lowest BCUT2D eigenvalue weighted by Crippen LogP contribution is -2.38. The van der Waals surface area contributed by atoms with Gasteiger partial charge in [0, 0.05) is 42.8 Å². The minimum atomic E-state index is -0.587. The van der Waals surface area contributed by atoms with E-state index in [2.05, 4.69) is 10.2 Å². The molecule has 8 nitrogen and oxygen atoms in total. The lowest BCUT2D eigenvalue weighted by atomic mass is 10.0. The molecule has 2 N–H and O–H groups in total. The van der Waals surface area contributed by atoms with Crippen LogP contribution in [0.2, 0.25) is 0 Å². The Balaban J connectivity index is 1.38. The summed E-state index contributed by atoms with van der Waals surface area (Å²) in [5.41, 5.74) is 1.24. The third-order valence-electron chi connectivity index (χ3n) is 5.51. The van der Waals surface area contributed by atoms with E-state index in [9.17, 15) is 14.7 Å². The van der Waals surface area contributed by atoms with Crippen molar-refractivity contribution in [3.05, 3.63) is 64.0 Å². The van der Waals surface area contributed by atoms with Gasteiger partial charge in [-0.15, -0.1) is 0 Å². The number of anilines is 1. The van der Waals surface area contributed by atoms with Crippen LogP contribution in [0.25, 0.3) is 11.0 Å². The Labute approximate surface area is 185 Å². The van der Waals surface area contributed by atoms with Gasteiger partial charge in [-0.25, -0.2) is 4.79 Å². The number of nitrogens with zero attached hydrogens (tertiary/aromatic N) is 1. The second-order valence-electron chi connectivity index (χ2n) is 7.73. The number of amides is 1. The number of carbonyl (C=O) groups excluding carboxylic acids is 1. The summed E-state index contributed by atoms with van der Waals surface area (Å²) >= 11 is 0. The van der Waals surface area contributed by atoms with Crippen molar-refractivity contribution in [1.82, 2.24) is 4.90 Å². The number of rotatable bonds is 7. The molecule has 1 amide bonds. The summed E-state index contributed by atoms with van der Waals surface area (Å²) in [6.45, 7) is 6.44. The molecule has 0 atom stereocenters. The second-order valence-corrected chi connectivity index (χ2v) is 7.73. The highest BCUT2D eigenvalue weighted by Gasteiger charge is 2.16. The maximum atomic E-state index is 12.6. The summed E-state index contributed by atoms with van der Waals surface area (Å²) in [6.07, 6.45) is -0.118. The summed E-state index contributed by atoms with van der Waals surface area (Å²) in [4.78, 5) is 27.3. The van der Waals surface area contributed by atoms with E-state index in [1.807, 2.05) is 12.1 Å². The number of fused-ring (bicyclic) bond motifs is 1. The Bertz CT molecular complexity index is 1170. The van der Waals surface area contributed by atoms with Crippen LogP contribution in [0.3, 0.4) is 0 Å². The summed E-state index contributed by atoms with van der Waals surface area (Å²) in [5, 5.41) is 13.1. The number of ether oxygens (including phenoxy) is 2. The monoisotopic (exact) mass is 438 g/mol. The summed E-state index contributed by atoms with van der Waals surface area (Å²) < 4.78 is 16.5. The van der Waals surface area contributed by atoms with Crippen LogP contribution in [0.1, 0.15) is 11.1 Å². The molecule has 0 unspecified atom stereocenters. The Morgan fingerprint density at radius 3 is 2.81 bits per heavy atom. The third kappa shape index (κ3) is 5.27. The van der Waals surface area contributed by atoms with Crippen molar-refractivity contribution >= 4 is 22.6 Å². The van der Waals surface area contributed by atoms with Crippen molar-refractivity contribution in [2.75, 3.05) is 44.8 Å². The predicted octanol–water partition coefficient (Wildman–Crippen LogP) is 2.70. The molecule has 1 fully saturated rings. The molecule has 3 aromatic rings. The minimum absolute atomic E-state index is 0.0117. The first-order valence-corrected chi connectivity index (χ1v) is 10.6. The minimum Gasteiger partial charge on any atom is -0.508 e. The van der Waals surface area contributed by atoms with Crippen molar-refractivity contribution in [3.8, 4) is 11.5 Å². The van der Waals surface area contributed by atoms with Crippen LogP contribution in [-0.4, -0.2) is 55.4 Å². The van der Waals surface area contributed by atoms with E-state index in [4.69, 9.17) is 13.9 Å². The molecule has 0 saturated carbocycles. The standard InChI is InChI=1S/C24H26N2O6/c1-16-20-6-5-18(27)14-22(20)32-24(29)21(16)15-23(28)25-17-3-2-4-19(13-17)31-12-9-26-7-10-30-11-8-26/h2-6,13-14,27H,7-12,15H2,1H3,(H,25,28). The second kappa shape index (κ2) is 9.84. The van der Waals surface area contributed by atoms with Gasteiger partial charge >= 0.3 is 5.63 Å². The average Bonchev–Trinajstić information content (AvgIpc) is 2.77. The SMILES string of the molecule is Cc1c(CC(=O)Nc2cccc(OCCN3CCOCC3)c2)c(=O)oc2cc(O)ccc12. The summed E-state index contributed by atoms with van der Waals surface area (Å²) in [5.74, 6) is 0.346. The number of aromatic hydroxyl groups is 1. The van der Waals surface area contributed by atoms with Gasteiger partial charge in [-0.2, -0.15) is 0 Å². The average molecular weight is 438 g/mol. The van der Waals surface area contributed by atoms with Gasteiger partial charge < -0.3 is 24.3 Å². The van der Waals surface area contributed by atoms with Crippen LogP contribution >= 0.6 is 0 Å². The molecule has 32 heavy (non-hydrogen) atoms. The van der Waals surface area contributed by atoms with Gasteiger partial charge in [0.15, 0.2) is 0 Å². The zero-order valence-electron chi connectivity index (χ0n) is 17.9. The lowest BCUT2D eigenvalue weighted by Gasteiger charge is -2.26. The number of benzene rings is 2. The van der Waals surface area contributed by atoms with Crippen molar-refractivity contribution in [2.45, 2.75) is 13.3 Å². The zero-order valence-corrected chi connectivity index (χ0v) is 17.9. The highest BCUT2D eigenvalue weighted by molar-refractivity contribution is 5.93. The largest absolute Gasteiger partial charge is 0.508 e. The Kier molecular flexibility index (Phi) is 6.72. The fourth-order valence-electron chi connectivity index (χ4n) is 3.73. The van der Waals surface area contributed by atoms with E-state index < -0.39 is 5.63 Å². The highest BCUT2D eigenvalue weighted by atomic mass is 16.5. The van der Waals surface area contributed by atoms with E-state index >= 15 is 0 Å². The Morgan fingerprint density at radius 2 is 2.00 bits per heavy atom. The number of phenols is 1. The normalized spacial score (nSPS) is 14.4. The maximum Gasteiger partial charge on any atom is 0.340 e. The number of carbonyl (C=O) groups is 1. The summed E-state index contributed by atoms with van der Waals surface area (Å²) in [6, 6.07) is 11.7. The van der Waals surface area contributed by atoms with Crippen LogP contribution < -0.4 is 15.7 Å². The third-order valence-corrected chi connectivity index (χ3v) is 5.51. The van der Waals surface area contributed by atoms with E-state index in [0.717, 1.165) is 32.8 Å². The topological polar surface area (TPSA) is 101 Å². The van der Waals surface area contributed by atoms with Crippen molar-refractivity contribution < 1.29 is 23.8 Å². The first kappa shape index (κ1) is 21.9. The van der Waals surface area contributed by atoms with Crippen molar-refractivity contribution in [3.63, 3.8) is 0 Å². The quantitative estimate of drug-likeness (QED) is 0.547. The van der Waals surface area contributed by atoms with Crippen molar-refractivity contribution in [1.29, 1.82) is 0 Å². The summed E-state index contributed by atoms with van der Waals surface area (Å²) in [7, 11) is 0. The maximum absolute atomic E-state index is 12.6. The number of hydrogen-bond donors (Lipinski definition) is 2. The molecule has 1 saturated heterocycles. The molecule has 0 spiro atoms. The fraction of sp³-hybridized carbons (Fsp3) is 0.333. The number of morpholine rings is 1. The zero-order chi connectivity index (χ0) is 22.5. The molecule has 8 heteroatoms. The highest BCUT2D eigenvalue weighted by Crippen LogP contribution is 2.24. The van der Waals surface area contributed by atoms with Crippen LogP contribution in [0.15, 0.2) is 51.7 Å². The van der Waals surface area contributed by atoms with Gasteiger partial charge in [-0.3, -0.25) is 9.69 Å². The van der Waals surface area contributed by atoms with Gasteiger partial charge in [-0.05, 0) is 36.8 Å². The molecule has 1 aliphatic heterocycles. The molecule has 2 aromatic carbocycles. The van der Waals surface area contributed by atoms with Gasteiger partial charge in [0.25, 0.3) is 0 Å². The molecule has 2 heterocycles. The molecule has 4 rings (SSSR count). The molecule has 1 aromatic heterocycles. The lowest BCUT2D eigenvalue weighted by molar-refractivity contribution is -0.115. The van der Waals surface area contributed by atoms with E-state index in [-0.39, 0.29) is 18.1 Å². The van der Waals surface area contributed by atoms with Crippen LogP contribution in [0.5, 0.6) is 11.5 Å². The first-order valence-electron chi connectivity index (χ1n) is 10.6. The first-order chi connectivity index (χ1) is 15.5. The van der Waals surface area contributed by atoms with Crippen LogP contribution in [-0.2, 0) is 16.0 Å². The van der Waals surface area contributed by atoms with Crippen LogP contribution in [0, 0.1) is 6.92 Å². The van der Waals surface area contributed by atoms with Gasteiger partial charge in [-0.1, -0.05) is 6.07 Å². The number of hydrogen-bond acceptors (Lipinski definition) is 7. The van der Waals surface area contributed by atoms with Gasteiger partial charge in [0.05, 0.1) is 25.2 Å². The molecular weight excluding hydrogens is 412 g/mol. The van der Waals surface area contributed by atoms with E-state index in [0.29, 0.717) is 40.1 Å². The van der Waals surface area contributed by atoms with E-state index in [1.165, 1.54) is 12.1 Å². The number of aryl methyl sites for hydroxylation is 1. The number of phenolic OH excluding ortho intramolecular Hbond substituents is 1. The van der Waals surface area contributed by atoms with Gasteiger partial charge in [0.1, 0.15) is 23.7 Å². The van der Waals surface area contributed by atoms with E-state index in [1.54, 1.807) is 25.1 Å². The molecule has 0 aliphatic carbocycles. The Morgan fingerprint density at radius 1 is 1.19 bits per heavy atom. The molecule has 0 radical (unpaired) electrons. The molecule has 1 aliphatic rings. The number of nitrogens with one attached hydrogen (secondary N) is 1. The smallest absolute Gasteiger partial charge is 0.340 e. The van der Waals surface area contributed by atoms with Gasteiger partial charge in [0.2, 0.25) is 5.91 Å². The molecular formula is C24H26N2O6. The van der Waals surface area contributed by atoms with Crippen LogP contribution in [0.4, 0.5) is 5.69 Å². The molecule has 168 valence electrons. The Hall–Kier alpha value is -3.36. The van der Waals surface area contributed by atoms with Crippen molar-refractivity contribution in [2.24, 2.45) is 0 Å². The predicted molar refractivity (Wildman–Crippen MR) is 120 cm³/mol.